The maximum atomic E-state index is 11.1. The fourth-order valence-electron chi connectivity index (χ4n) is 2.39. The molecule has 6 heteroatoms. The van der Waals surface area contributed by atoms with Crippen molar-refractivity contribution in [2.45, 2.75) is 0 Å². The molecule has 0 bridgehead atoms. The van der Waals surface area contributed by atoms with Crippen LogP contribution < -0.4 is 10.6 Å². The molecule has 6 nitrogen and oxygen atoms in total. The third kappa shape index (κ3) is 2.62. The van der Waals surface area contributed by atoms with Gasteiger partial charge < -0.3 is 10.2 Å². The molecule has 0 saturated carbocycles. The third-order valence-corrected chi connectivity index (χ3v) is 3.17. The highest BCUT2D eigenvalue weighted by Gasteiger charge is 2.19. The molecule has 0 aliphatic carbocycles. The van der Waals surface area contributed by atoms with Crippen molar-refractivity contribution in [1.29, 1.82) is 0 Å². The molecule has 2 amide bonds. The van der Waals surface area contributed by atoms with Gasteiger partial charge in [-0.1, -0.05) is 49.6 Å². The lowest BCUT2D eigenvalue weighted by atomic mass is 9.95. The molecule has 0 fully saturated rings. The van der Waals surface area contributed by atoms with Gasteiger partial charge in [-0.25, -0.2) is 9.59 Å². The molecular formula is C16H14N2O4. The number of hydrogen-bond acceptors (Lipinski definition) is 2. The summed E-state index contributed by atoms with van der Waals surface area (Å²) in [5, 5.41) is 23.9. The van der Waals surface area contributed by atoms with Crippen LogP contribution in [0.1, 0.15) is 11.1 Å². The van der Waals surface area contributed by atoms with E-state index in [0.717, 1.165) is 5.39 Å². The number of anilines is 2. The number of carbonyl (C=O) groups is 2. The zero-order valence-corrected chi connectivity index (χ0v) is 11.6. The van der Waals surface area contributed by atoms with E-state index in [1.54, 1.807) is 30.3 Å². The minimum absolute atomic E-state index is 0.124. The van der Waals surface area contributed by atoms with E-state index in [1.807, 2.05) is 0 Å². The molecule has 22 heavy (non-hydrogen) atoms. The maximum absolute atomic E-state index is 11.1. The number of hydrogen-bond donors (Lipinski definition) is 4. The molecule has 2 rings (SSSR count). The van der Waals surface area contributed by atoms with Gasteiger partial charge in [0.05, 0.1) is 11.4 Å². The molecule has 0 heterocycles. The Labute approximate surface area is 126 Å². The normalized spacial score (nSPS) is 10.0. The number of rotatable bonds is 4. The Morgan fingerprint density at radius 1 is 0.864 bits per heavy atom. The average molecular weight is 298 g/mol. The molecule has 0 spiro atoms. The topological polar surface area (TPSA) is 98.7 Å². The second kappa shape index (κ2) is 6.01. The van der Waals surface area contributed by atoms with Crippen LogP contribution in [-0.4, -0.2) is 22.4 Å². The Morgan fingerprint density at radius 3 is 1.86 bits per heavy atom. The van der Waals surface area contributed by atoms with Crippen LogP contribution in [0.15, 0.2) is 37.4 Å². The van der Waals surface area contributed by atoms with E-state index in [9.17, 15) is 9.59 Å². The van der Waals surface area contributed by atoms with Gasteiger partial charge in [-0.05, 0) is 10.9 Å². The summed E-state index contributed by atoms with van der Waals surface area (Å²) in [7, 11) is 0. The minimum atomic E-state index is -1.30. The van der Waals surface area contributed by atoms with E-state index in [0.29, 0.717) is 16.5 Å². The van der Waals surface area contributed by atoms with Crippen LogP contribution in [0.5, 0.6) is 0 Å². The van der Waals surface area contributed by atoms with Gasteiger partial charge in [-0.3, -0.25) is 10.6 Å². The summed E-state index contributed by atoms with van der Waals surface area (Å²) in [6, 6.07) is 7.04. The van der Waals surface area contributed by atoms with Crippen molar-refractivity contribution in [3.8, 4) is 0 Å². The van der Waals surface area contributed by atoms with Crippen LogP contribution in [0, 0.1) is 0 Å². The van der Waals surface area contributed by atoms with Crippen LogP contribution in [0.4, 0.5) is 21.0 Å². The third-order valence-electron chi connectivity index (χ3n) is 3.17. The van der Waals surface area contributed by atoms with Crippen LogP contribution in [0.2, 0.25) is 0 Å². The van der Waals surface area contributed by atoms with Gasteiger partial charge in [0.25, 0.3) is 0 Å². The summed E-state index contributed by atoms with van der Waals surface area (Å²) in [5.41, 5.74) is 1.41. The molecule has 0 aromatic heterocycles. The van der Waals surface area contributed by atoms with Crippen molar-refractivity contribution in [3.63, 3.8) is 0 Å². The zero-order chi connectivity index (χ0) is 16.3. The Hall–Kier alpha value is -3.28. The lowest BCUT2D eigenvalue weighted by Crippen LogP contribution is -2.15. The molecule has 0 atom stereocenters. The Balaban J connectivity index is 2.96. The fraction of sp³-hybridized carbons (Fsp3) is 0. The van der Waals surface area contributed by atoms with Crippen molar-refractivity contribution in [2.75, 3.05) is 10.6 Å². The smallest absolute Gasteiger partial charge is 0.409 e. The summed E-state index contributed by atoms with van der Waals surface area (Å²) in [6.07, 6.45) is 0.445. The first-order chi connectivity index (χ1) is 10.5. The predicted molar refractivity (Wildman–Crippen MR) is 87.4 cm³/mol. The summed E-state index contributed by atoms with van der Waals surface area (Å²) in [5.74, 6) is 0. The molecule has 0 radical (unpaired) electrons. The van der Waals surface area contributed by atoms with E-state index in [2.05, 4.69) is 23.8 Å². The number of benzene rings is 2. The van der Waals surface area contributed by atoms with Crippen LogP contribution >= 0.6 is 0 Å². The lowest BCUT2D eigenvalue weighted by Gasteiger charge is -2.18. The summed E-state index contributed by atoms with van der Waals surface area (Å²) < 4.78 is 0. The van der Waals surface area contributed by atoms with Crippen molar-refractivity contribution in [1.82, 2.24) is 0 Å². The Kier molecular flexibility index (Phi) is 4.13. The number of fused-ring (bicyclic) bond motifs is 1. The number of carboxylic acid groups (broad SMARTS) is 2. The van der Waals surface area contributed by atoms with Crippen LogP contribution in [0.3, 0.4) is 0 Å². The lowest BCUT2D eigenvalue weighted by molar-refractivity contribution is 0.208. The molecule has 4 N–H and O–H groups in total. The van der Waals surface area contributed by atoms with E-state index in [-0.39, 0.29) is 11.4 Å². The van der Waals surface area contributed by atoms with Crippen molar-refractivity contribution >= 4 is 46.5 Å². The Morgan fingerprint density at radius 2 is 1.36 bits per heavy atom. The highest BCUT2D eigenvalue weighted by atomic mass is 16.4. The quantitative estimate of drug-likeness (QED) is 0.676. The molecular weight excluding hydrogens is 284 g/mol. The minimum Gasteiger partial charge on any atom is -0.465 e. The van der Waals surface area contributed by atoms with E-state index in [1.165, 1.54) is 6.08 Å². The summed E-state index contributed by atoms with van der Waals surface area (Å²) in [4.78, 5) is 22.1. The molecule has 2 aromatic carbocycles. The second-order valence-electron chi connectivity index (χ2n) is 4.39. The van der Waals surface area contributed by atoms with E-state index < -0.39 is 12.2 Å². The predicted octanol–water partition coefficient (Wildman–Crippen LogP) is 4.31. The fourth-order valence-corrected chi connectivity index (χ4v) is 2.39. The van der Waals surface area contributed by atoms with Crippen molar-refractivity contribution < 1.29 is 19.8 Å². The van der Waals surface area contributed by atoms with Gasteiger partial charge in [0.15, 0.2) is 0 Å². The van der Waals surface area contributed by atoms with Gasteiger partial charge in [0, 0.05) is 10.9 Å². The molecule has 0 saturated heterocycles. The van der Waals surface area contributed by atoms with E-state index >= 15 is 0 Å². The highest BCUT2D eigenvalue weighted by molar-refractivity contribution is 6.13. The Bertz CT molecular complexity index is 796. The van der Waals surface area contributed by atoms with Crippen molar-refractivity contribution in [2.24, 2.45) is 0 Å². The first-order valence-corrected chi connectivity index (χ1v) is 6.33. The average Bonchev–Trinajstić information content (AvgIpc) is 2.48. The van der Waals surface area contributed by atoms with Crippen LogP contribution in [0.25, 0.3) is 22.9 Å². The standard InChI is InChI=1S/C16H14N2O4/c1-3-9-10(4-2)13(17-15(19)20)14(18-16(21)22)12-8-6-5-7-11(9)12/h3-8,17-18H,1-2H2,(H,19,20)(H,21,22). The maximum Gasteiger partial charge on any atom is 0.409 e. The summed E-state index contributed by atoms with van der Waals surface area (Å²) >= 11 is 0. The second-order valence-corrected chi connectivity index (χ2v) is 4.39. The van der Waals surface area contributed by atoms with Crippen LogP contribution in [-0.2, 0) is 0 Å². The van der Waals surface area contributed by atoms with Gasteiger partial charge in [0.2, 0.25) is 0 Å². The molecule has 0 aliphatic heterocycles. The van der Waals surface area contributed by atoms with Gasteiger partial charge in [-0.15, -0.1) is 0 Å². The largest absolute Gasteiger partial charge is 0.465 e. The molecule has 0 aliphatic rings. The van der Waals surface area contributed by atoms with E-state index in [4.69, 9.17) is 10.2 Å². The first-order valence-electron chi connectivity index (χ1n) is 6.33. The van der Waals surface area contributed by atoms with Crippen molar-refractivity contribution in [3.05, 3.63) is 48.6 Å². The van der Waals surface area contributed by atoms with Gasteiger partial charge in [-0.2, -0.15) is 0 Å². The first kappa shape index (κ1) is 15.1. The zero-order valence-electron chi connectivity index (χ0n) is 11.6. The molecule has 2 aromatic rings. The van der Waals surface area contributed by atoms with Gasteiger partial charge >= 0.3 is 12.2 Å². The molecule has 112 valence electrons. The number of amides is 2. The summed E-state index contributed by atoms with van der Waals surface area (Å²) in [6.45, 7) is 7.42. The molecule has 0 unspecified atom stereocenters. The highest BCUT2D eigenvalue weighted by Crippen LogP contribution is 2.39. The SMILES string of the molecule is C=Cc1c(NC(=O)O)c(NC(=O)O)c2ccccc2c1C=C. The monoisotopic (exact) mass is 298 g/mol. The number of nitrogens with one attached hydrogen (secondary N) is 2. The van der Waals surface area contributed by atoms with Gasteiger partial charge in [0.1, 0.15) is 0 Å².